The van der Waals surface area contributed by atoms with Crippen molar-refractivity contribution in [2.75, 3.05) is 59.0 Å². The van der Waals surface area contributed by atoms with Gasteiger partial charge < -0.3 is 35.1 Å². The second-order valence-electron chi connectivity index (χ2n) is 9.22. The molecule has 10 nitrogen and oxygen atoms in total. The van der Waals surface area contributed by atoms with Crippen LogP contribution < -0.4 is 10.2 Å². The molecule has 0 unspecified atom stereocenters. The number of H-pyrrole nitrogens is 1. The van der Waals surface area contributed by atoms with Crippen LogP contribution in [0.1, 0.15) is 31.4 Å². The number of nitrogens with one attached hydrogen (secondary N) is 2. The van der Waals surface area contributed by atoms with Gasteiger partial charge in [-0.05, 0) is 61.8 Å². The minimum atomic E-state index is -0.250. The molecule has 0 aliphatic rings. The second kappa shape index (κ2) is 19.2. The highest BCUT2D eigenvalue weighted by Crippen LogP contribution is 2.27. The molecule has 12 heteroatoms. The van der Waals surface area contributed by atoms with Crippen LogP contribution >= 0.6 is 22.9 Å². The number of aromatic amines is 1. The van der Waals surface area contributed by atoms with Crippen LogP contribution in [-0.4, -0.2) is 96.4 Å². The Balaban J connectivity index is 0.00000187. The van der Waals surface area contributed by atoms with Gasteiger partial charge in [-0.3, -0.25) is 14.4 Å². The van der Waals surface area contributed by atoms with E-state index in [0.717, 1.165) is 59.6 Å². The number of aromatic hydroxyl groups is 1. The maximum Gasteiger partial charge on any atom is 0.305 e. The number of nitrogens with zero attached hydrogens (tertiary/aromatic N) is 2. The lowest BCUT2D eigenvalue weighted by molar-refractivity contribution is -0.132. The number of aromatic nitrogens is 1. The van der Waals surface area contributed by atoms with Crippen molar-refractivity contribution in [2.45, 2.75) is 33.1 Å². The van der Waals surface area contributed by atoms with E-state index < -0.39 is 0 Å². The molecule has 2 aromatic carbocycles. The summed E-state index contributed by atoms with van der Waals surface area (Å²) in [6.07, 6.45) is 1.83. The maximum absolute atomic E-state index is 13.0. The summed E-state index contributed by atoms with van der Waals surface area (Å²) in [7, 11) is 0. The largest absolute Gasteiger partial charge is 0.506 e. The SMILES string of the molecule is CCN(CC)CCN(CCNCCc1ccc(O)c2[nH]c(=O)sc12)C(=O)CCOCCc1cccc(Cl)c1.O=CO. The third-order valence-corrected chi connectivity index (χ3v) is 7.78. The average molecular weight is 609 g/mol. The lowest BCUT2D eigenvalue weighted by Gasteiger charge is -2.27. The van der Waals surface area contributed by atoms with E-state index in [1.54, 1.807) is 6.07 Å². The Morgan fingerprint density at radius 1 is 1.10 bits per heavy atom. The number of amides is 1. The van der Waals surface area contributed by atoms with Crippen LogP contribution in [0.25, 0.3) is 10.2 Å². The topological polar surface area (TPSA) is 135 Å². The van der Waals surface area contributed by atoms with Gasteiger partial charge >= 0.3 is 4.87 Å². The predicted molar refractivity (Wildman–Crippen MR) is 164 cm³/mol. The normalized spacial score (nSPS) is 10.9. The molecule has 41 heavy (non-hydrogen) atoms. The Kier molecular flexibility index (Phi) is 16.0. The fourth-order valence-electron chi connectivity index (χ4n) is 4.30. The number of phenols is 1. The van der Waals surface area contributed by atoms with Crippen LogP contribution in [0.2, 0.25) is 5.02 Å². The van der Waals surface area contributed by atoms with E-state index in [4.69, 9.17) is 26.2 Å². The number of likely N-dealkylation sites (N-methyl/N-ethyl adjacent to an activating group) is 1. The van der Waals surface area contributed by atoms with Gasteiger partial charge in [0.25, 0.3) is 6.47 Å². The van der Waals surface area contributed by atoms with Gasteiger partial charge in [0.1, 0.15) is 11.3 Å². The van der Waals surface area contributed by atoms with Crippen LogP contribution in [0.5, 0.6) is 5.75 Å². The summed E-state index contributed by atoms with van der Waals surface area (Å²) in [5, 5.41) is 21.0. The Labute approximate surface area is 249 Å². The summed E-state index contributed by atoms with van der Waals surface area (Å²) >= 11 is 7.15. The number of carbonyl (C=O) groups is 2. The summed E-state index contributed by atoms with van der Waals surface area (Å²) in [6, 6.07) is 11.2. The monoisotopic (exact) mass is 608 g/mol. The first-order valence-electron chi connectivity index (χ1n) is 13.8. The molecule has 4 N–H and O–H groups in total. The first-order chi connectivity index (χ1) is 19.8. The van der Waals surface area contributed by atoms with Crippen molar-refractivity contribution >= 4 is 45.5 Å². The van der Waals surface area contributed by atoms with E-state index >= 15 is 0 Å². The van der Waals surface area contributed by atoms with Crippen LogP contribution in [0.3, 0.4) is 0 Å². The molecule has 1 heterocycles. The van der Waals surface area contributed by atoms with E-state index in [2.05, 4.69) is 29.0 Å². The number of halogens is 1. The van der Waals surface area contributed by atoms with Crippen molar-refractivity contribution in [3.63, 3.8) is 0 Å². The molecule has 0 bridgehead atoms. The molecule has 1 aromatic heterocycles. The van der Waals surface area contributed by atoms with E-state index in [1.165, 1.54) is 0 Å². The molecule has 1 amide bonds. The van der Waals surface area contributed by atoms with Crippen LogP contribution in [0.15, 0.2) is 41.2 Å². The minimum absolute atomic E-state index is 0.0888. The zero-order chi connectivity index (χ0) is 30.0. The highest BCUT2D eigenvalue weighted by atomic mass is 35.5. The molecule has 3 aromatic rings. The maximum atomic E-state index is 13.0. The number of phenolic OH excluding ortho intramolecular Hbond substituents is 1. The van der Waals surface area contributed by atoms with Crippen molar-refractivity contribution in [1.29, 1.82) is 0 Å². The lowest BCUT2D eigenvalue weighted by atomic mass is 10.1. The fourth-order valence-corrected chi connectivity index (χ4v) is 5.41. The molecule has 3 rings (SSSR count). The number of thiazole rings is 1. The molecular formula is C29H41ClN4O6S. The number of hydrogen-bond acceptors (Lipinski definition) is 8. The summed E-state index contributed by atoms with van der Waals surface area (Å²) < 4.78 is 6.54. The van der Waals surface area contributed by atoms with Crippen LogP contribution in [-0.2, 0) is 27.2 Å². The Morgan fingerprint density at radius 2 is 1.85 bits per heavy atom. The van der Waals surface area contributed by atoms with E-state index in [-0.39, 0.29) is 23.0 Å². The summed E-state index contributed by atoms with van der Waals surface area (Å²) in [5.74, 6) is 0.185. The number of benzene rings is 2. The van der Waals surface area contributed by atoms with Crippen molar-refractivity contribution in [2.24, 2.45) is 0 Å². The molecule has 0 fully saturated rings. The molecule has 0 aliphatic carbocycles. The summed E-state index contributed by atoms with van der Waals surface area (Å²) in [4.78, 5) is 39.8. The number of fused-ring (bicyclic) bond motifs is 1. The molecule has 0 aliphatic heterocycles. The van der Waals surface area contributed by atoms with Crippen molar-refractivity contribution < 1.29 is 24.5 Å². The van der Waals surface area contributed by atoms with Gasteiger partial charge in [-0.2, -0.15) is 0 Å². The quantitative estimate of drug-likeness (QED) is 0.135. The van der Waals surface area contributed by atoms with Gasteiger partial charge in [-0.15, -0.1) is 0 Å². The van der Waals surface area contributed by atoms with Gasteiger partial charge in [-0.1, -0.05) is 55.0 Å². The average Bonchev–Trinajstić information content (AvgIpc) is 3.36. The predicted octanol–water partition coefficient (Wildman–Crippen LogP) is 3.60. The molecule has 226 valence electrons. The molecule has 0 atom stereocenters. The van der Waals surface area contributed by atoms with E-state index in [1.807, 2.05) is 35.2 Å². The third-order valence-electron chi connectivity index (χ3n) is 6.59. The van der Waals surface area contributed by atoms with Crippen LogP contribution in [0, 0.1) is 0 Å². The Morgan fingerprint density at radius 3 is 2.56 bits per heavy atom. The second-order valence-corrected chi connectivity index (χ2v) is 10.6. The highest BCUT2D eigenvalue weighted by molar-refractivity contribution is 7.16. The number of carboxylic acid groups (broad SMARTS) is 1. The van der Waals surface area contributed by atoms with Crippen molar-refractivity contribution in [3.05, 3.63) is 62.2 Å². The molecule has 0 saturated heterocycles. The molecule has 0 spiro atoms. The highest BCUT2D eigenvalue weighted by Gasteiger charge is 2.15. The standard InChI is InChI=1S/C28H39ClN4O4S.CH2O2/c1-3-32(4-2)16-17-33(25(35)12-19-37-18-11-21-6-5-7-23(29)20-21)15-14-30-13-10-22-8-9-24(34)26-27(22)38-28(36)31-26;2-1-3/h5-9,20,30,34H,3-4,10-19H2,1-2H3,(H,31,36);1H,(H,2,3). The number of rotatable bonds is 17. The van der Waals surface area contributed by atoms with Crippen molar-refractivity contribution in [3.8, 4) is 5.75 Å². The van der Waals surface area contributed by atoms with Gasteiger partial charge in [-0.25, -0.2) is 0 Å². The van der Waals surface area contributed by atoms with Crippen molar-refractivity contribution in [1.82, 2.24) is 20.1 Å². The lowest BCUT2D eigenvalue weighted by Crippen LogP contribution is -2.42. The first kappa shape index (κ1) is 34.2. The first-order valence-corrected chi connectivity index (χ1v) is 15.0. The zero-order valence-corrected chi connectivity index (χ0v) is 25.3. The molecule has 0 saturated carbocycles. The Bertz CT molecular complexity index is 1260. The van der Waals surface area contributed by atoms with Gasteiger partial charge in [0, 0.05) is 31.2 Å². The number of ether oxygens (including phenoxy) is 1. The number of hydrogen-bond donors (Lipinski definition) is 4. The molecule has 0 radical (unpaired) electrons. The van der Waals surface area contributed by atoms with E-state index in [0.29, 0.717) is 56.4 Å². The fraction of sp³-hybridized carbons (Fsp3) is 0.483. The smallest absolute Gasteiger partial charge is 0.305 e. The summed E-state index contributed by atoms with van der Waals surface area (Å²) in [6.45, 7) is 10.4. The van der Waals surface area contributed by atoms with Gasteiger partial charge in [0.05, 0.1) is 24.3 Å². The molecular weight excluding hydrogens is 568 g/mol. The summed E-state index contributed by atoms with van der Waals surface area (Å²) in [5.41, 5.74) is 2.63. The third kappa shape index (κ3) is 12.2. The Hall–Kier alpha value is -2.96. The van der Waals surface area contributed by atoms with Gasteiger partial charge in [0.15, 0.2) is 0 Å². The van der Waals surface area contributed by atoms with Crippen LogP contribution in [0.4, 0.5) is 0 Å². The van der Waals surface area contributed by atoms with Gasteiger partial charge in [0.2, 0.25) is 5.91 Å². The zero-order valence-electron chi connectivity index (χ0n) is 23.7. The number of carbonyl (C=O) groups excluding carboxylic acids is 1. The van der Waals surface area contributed by atoms with E-state index in [9.17, 15) is 14.7 Å². The minimum Gasteiger partial charge on any atom is -0.506 e.